The first-order valence-corrected chi connectivity index (χ1v) is 8.71. The van der Waals surface area contributed by atoms with Crippen LogP contribution in [-0.4, -0.2) is 26.7 Å². The summed E-state index contributed by atoms with van der Waals surface area (Å²) >= 11 is 1.53. The Balaban J connectivity index is 1.66. The third-order valence-corrected chi connectivity index (χ3v) is 5.44. The zero-order valence-corrected chi connectivity index (χ0v) is 13.0. The van der Waals surface area contributed by atoms with E-state index in [1.54, 1.807) is 6.07 Å². The lowest BCUT2D eigenvalue weighted by atomic mass is 10.3. The summed E-state index contributed by atoms with van der Waals surface area (Å²) in [4.78, 5) is 4.47. The highest BCUT2D eigenvalue weighted by molar-refractivity contribution is 7.89. The molecule has 1 aromatic carbocycles. The Morgan fingerprint density at radius 1 is 1.33 bits per heavy atom. The standard InChI is InChI=1S/C13H14N2O4S2/c1-9-7-20-13(15-9)4-5-14-21(16,17)10-2-3-11-12(6-10)19-8-18-11/h2-3,6-7,14H,4-5,8H2,1H3. The molecule has 0 amide bonds. The first kappa shape index (κ1) is 14.3. The fraction of sp³-hybridized carbons (Fsp3) is 0.308. The molecule has 0 atom stereocenters. The summed E-state index contributed by atoms with van der Waals surface area (Å²) in [6.45, 7) is 2.34. The Hall–Kier alpha value is -1.64. The Labute approximate surface area is 126 Å². The lowest BCUT2D eigenvalue weighted by Gasteiger charge is -2.06. The van der Waals surface area contributed by atoms with Gasteiger partial charge in [-0.05, 0) is 19.1 Å². The fourth-order valence-corrected chi connectivity index (χ4v) is 3.76. The van der Waals surface area contributed by atoms with Crippen molar-refractivity contribution in [3.8, 4) is 11.5 Å². The first-order valence-electron chi connectivity index (χ1n) is 6.35. The van der Waals surface area contributed by atoms with Crippen molar-refractivity contribution in [3.05, 3.63) is 34.3 Å². The van der Waals surface area contributed by atoms with E-state index in [0.29, 0.717) is 24.5 Å². The number of aryl methyl sites for hydroxylation is 1. The van der Waals surface area contributed by atoms with Crippen LogP contribution in [0.5, 0.6) is 11.5 Å². The number of fused-ring (bicyclic) bond motifs is 1. The van der Waals surface area contributed by atoms with Gasteiger partial charge in [-0.25, -0.2) is 18.1 Å². The van der Waals surface area contributed by atoms with Crippen molar-refractivity contribution in [2.24, 2.45) is 0 Å². The van der Waals surface area contributed by atoms with Crippen LogP contribution in [0, 0.1) is 6.92 Å². The molecule has 112 valence electrons. The van der Waals surface area contributed by atoms with E-state index in [0.717, 1.165) is 10.7 Å². The van der Waals surface area contributed by atoms with Crippen LogP contribution < -0.4 is 14.2 Å². The van der Waals surface area contributed by atoms with Gasteiger partial charge < -0.3 is 9.47 Å². The SMILES string of the molecule is Cc1csc(CCNS(=O)(=O)c2ccc3c(c2)OCO3)n1. The van der Waals surface area contributed by atoms with Crippen molar-refractivity contribution < 1.29 is 17.9 Å². The van der Waals surface area contributed by atoms with E-state index in [-0.39, 0.29) is 11.7 Å². The van der Waals surface area contributed by atoms with E-state index in [1.165, 1.54) is 23.5 Å². The summed E-state index contributed by atoms with van der Waals surface area (Å²) in [7, 11) is -3.55. The number of benzene rings is 1. The predicted octanol–water partition coefficient (Wildman–Crippen LogP) is 1.70. The van der Waals surface area contributed by atoms with Crippen LogP contribution in [0.3, 0.4) is 0 Å². The van der Waals surface area contributed by atoms with E-state index in [2.05, 4.69) is 9.71 Å². The molecule has 0 unspecified atom stereocenters. The van der Waals surface area contributed by atoms with Gasteiger partial charge in [0.1, 0.15) is 0 Å². The minimum Gasteiger partial charge on any atom is -0.454 e. The number of rotatable bonds is 5. The van der Waals surface area contributed by atoms with E-state index in [4.69, 9.17) is 9.47 Å². The molecule has 0 fully saturated rings. The van der Waals surface area contributed by atoms with Gasteiger partial charge in [-0.3, -0.25) is 0 Å². The highest BCUT2D eigenvalue weighted by Gasteiger charge is 2.19. The normalized spacial score (nSPS) is 13.6. The van der Waals surface area contributed by atoms with Crippen LogP contribution in [-0.2, 0) is 16.4 Å². The van der Waals surface area contributed by atoms with Gasteiger partial charge in [-0.1, -0.05) is 0 Å². The average molecular weight is 326 g/mol. The molecule has 1 aliphatic rings. The summed E-state index contributed by atoms with van der Waals surface area (Å²) in [6, 6.07) is 4.57. The third kappa shape index (κ3) is 3.17. The maximum atomic E-state index is 12.2. The maximum Gasteiger partial charge on any atom is 0.240 e. The molecule has 0 saturated heterocycles. The molecule has 0 bridgehead atoms. The number of hydrogen-bond acceptors (Lipinski definition) is 6. The monoisotopic (exact) mass is 326 g/mol. The van der Waals surface area contributed by atoms with Crippen molar-refractivity contribution in [1.82, 2.24) is 9.71 Å². The second-order valence-corrected chi connectivity index (χ2v) is 7.26. The van der Waals surface area contributed by atoms with Gasteiger partial charge in [0.05, 0.1) is 9.90 Å². The van der Waals surface area contributed by atoms with Crippen LogP contribution in [0.1, 0.15) is 10.7 Å². The largest absolute Gasteiger partial charge is 0.454 e. The number of ether oxygens (including phenoxy) is 2. The number of nitrogens with one attached hydrogen (secondary N) is 1. The molecule has 0 radical (unpaired) electrons. The van der Waals surface area contributed by atoms with E-state index < -0.39 is 10.0 Å². The summed E-state index contributed by atoms with van der Waals surface area (Å²) in [5.74, 6) is 1.01. The third-order valence-electron chi connectivity index (χ3n) is 2.95. The quantitative estimate of drug-likeness (QED) is 0.905. The predicted molar refractivity (Wildman–Crippen MR) is 78.3 cm³/mol. The molecule has 8 heteroatoms. The van der Waals surface area contributed by atoms with Crippen LogP contribution in [0.2, 0.25) is 0 Å². The van der Waals surface area contributed by atoms with Crippen molar-refractivity contribution >= 4 is 21.4 Å². The fourth-order valence-electron chi connectivity index (χ4n) is 1.94. The maximum absolute atomic E-state index is 12.2. The van der Waals surface area contributed by atoms with Crippen molar-refractivity contribution in [1.29, 1.82) is 0 Å². The minimum atomic E-state index is -3.55. The first-order chi connectivity index (χ1) is 10.0. The summed E-state index contributed by atoms with van der Waals surface area (Å²) in [5.41, 5.74) is 0.952. The smallest absolute Gasteiger partial charge is 0.240 e. The molecular weight excluding hydrogens is 312 g/mol. The van der Waals surface area contributed by atoms with Crippen molar-refractivity contribution in [2.75, 3.05) is 13.3 Å². The van der Waals surface area contributed by atoms with Crippen LogP contribution in [0.15, 0.2) is 28.5 Å². The van der Waals surface area contributed by atoms with Gasteiger partial charge >= 0.3 is 0 Å². The molecule has 1 aromatic heterocycles. The molecule has 0 aliphatic carbocycles. The lowest BCUT2D eigenvalue weighted by molar-refractivity contribution is 0.174. The topological polar surface area (TPSA) is 77.5 Å². The van der Waals surface area contributed by atoms with Crippen LogP contribution >= 0.6 is 11.3 Å². The molecule has 0 saturated carbocycles. The Morgan fingerprint density at radius 2 is 2.14 bits per heavy atom. The zero-order valence-electron chi connectivity index (χ0n) is 11.3. The summed E-state index contributed by atoms with van der Waals surface area (Å²) in [6.07, 6.45) is 0.572. The highest BCUT2D eigenvalue weighted by Crippen LogP contribution is 2.33. The number of aromatic nitrogens is 1. The summed E-state index contributed by atoms with van der Waals surface area (Å²) in [5, 5.41) is 2.86. The average Bonchev–Trinajstić information content (AvgIpc) is 3.06. The van der Waals surface area contributed by atoms with Gasteiger partial charge in [0.15, 0.2) is 11.5 Å². The van der Waals surface area contributed by atoms with Crippen LogP contribution in [0.4, 0.5) is 0 Å². The minimum absolute atomic E-state index is 0.121. The van der Waals surface area contributed by atoms with Crippen molar-refractivity contribution in [3.63, 3.8) is 0 Å². The number of hydrogen-bond donors (Lipinski definition) is 1. The molecule has 6 nitrogen and oxygen atoms in total. The zero-order chi connectivity index (χ0) is 14.9. The molecule has 21 heavy (non-hydrogen) atoms. The second kappa shape index (κ2) is 5.63. The van der Waals surface area contributed by atoms with Gasteiger partial charge in [0.25, 0.3) is 0 Å². The molecule has 1 aliphatic heterocycles. The summed E-state index contributed by atoms with van der Waals surface area (Å²) < 4.78 is 37.3. The van der Waals surface area contributed by atoms with E-state index in [1.807, 2.05) is 12.3 Å². The molecule has 2 heterocycles. The van der Waals surface area contributed by atoms with Gasteiger partial charge in [0.2, 0.25) is 16.8 Å². The Morgan fingerprint density at radius 3 is 2.90 bits per heavy atom. The molecule has 1 N–H and O–H groups in total. The second-order valence-electron chi connectivity index (χ2n) is 4.55. The number of sulfonamides is 1. The number of thiazole rings is 1. The van der Waals surface area contributed by atoms with Crippen LogP contribution in [0.25, 0.3) is 0 Å². The van der Waals surface area contributed by atoms with Gasteiger partial charge in [0, 0.05) is 30.1 Å². The molecule has 0 spiro atoms. The highest BCUT2D eigenvalue weighted by atomic mass is 32.2. The molecule has 3 rings (SSSR count). The van der Waals surface area contributed by atoms with E-state index >= 15 is 0 Å². The van der Waals surface area contributed by atoms with Crippen molar-refractivity contribution in [2.45, 2.75) is 18.2 Å². The molecule has 2 aromatic rings. The van der Waals surface area contributed by atoms with E-state index in [9.17, 15) is 8.42 Å². The van der Waals surface area contributed by atoms with Gasteiger partial charge in [-0.15, -0.1) is 11.3 Å². The molecular formula is C13H14N2O4S2. The Bertz CT molecular complexity index is 755. The number of nitrogens with zero attached hydrogens (tertiary/aromatic N) is 1. The van der Waals surface area contributed by atoms with Gasteiger partial charge in [-0.2, -0.15) is 0 Å². The Kier molecular flexibility index (Phi) is 3.83. The lowest BCUT2D eigenvalue weighted by Crippen LogP contribution is -2.25.